The largest absolute Gasteiger partial charge is 0.453 e. The monoisotopic (exact) mass is 319 g/mol. The van der Waals surface area contributed by atoms with Crippen molar-refractivity contribution in [2.75, 3.05) is 5.32 Å². The quantitative estimate of drug-likeness (QED) is 0.713. The minimum atomic E-state index is -0.184. The highest BCUT2D eigenvalue weighted by Crippen LogP contribution is 2.24. The first kappa shape index (κ1) is 15.7. The van der Waals surface area contributed by atoms with E-state index in [1.54, 1.807) is 30.3 Å². The molecule has 4 nitrogen and oxygen atoms in total. The SMILES string of the molecule is Cc1cccc(C)c1NC(=O)c1cccc(-c2ccc(C=O)o2)c1. The second kappa shape index (κ2) is 6.54. The Morgan fingerprint density at radius 3 is 2.38 bits per heavy atom. The number of nitrogens with one attached hydrogen (secondary N) is 1. The van der Waals surface area contributed by atoms with Crippen LogP contribution in [0.25, 0.3) is 11.3 Å². The smallest absolute Gasteiger partial charge is 0.255 e. The Morgan fingerprint density at radius 2 is 1.71 bits per heavy atom. The highest BCUT2D eigenvalue weighted by molar-refractivity contribution is 6.05. The summed E-state index contributed by atoms with van der Waals surface area (Å²) in [5.41, 5.74) is 4.13. The van der Waals surface area contributed by atoms with Crippen molar-refractivity contribution >= 4 is 17.9 Å². The summed E-state index contributed by atoms with van der Waals surface area (Å²) >= 11 is 0. The van der Waals surface area contributed by atoms with Crippen LogP contribution in [0.4, 0.5) is 5.69 Å². The summed E-state index contributed by atoms with van der Waals surface area (Å²) in [4.78, 5) is 23.3. The van der Waals surface area contributed by atoms with E-state index in [9.17, 15) is 9.59 Å². The number of aryl methyl sites for hydroxylation is 2. The lowest BCUT2D eigenvalue weighted by Gasteiger charge is -2.11. The molecule has 1 heterocycles. The van der Waals surface area contributed by atoms with Crippen molar-refractivity contribution in [3.8, 4) is 11.3 Å². The molecule has 0 fully saturated rings. The molecule has 0 atom stereocenters. The number of benzene rings is 2. The van der Waals surface area contributed by atoms with Crippen molar-refractivity contribution < 1.29 is 14.0 Å². The summed E-state index contributed by atoms with van der Waals surface area (Å²) in [5, 5.41) is 2.96. The number of hydrogen-bond acceptors (Lipinski definition) is 3. The van der Waals surface area contributed by atoms with Crippen LogP contribution in [0.5, 0.6) is 0 Å². The van der Waals surface area contributed by atoms with Crippen LogP contribution in [0, 0.1) is 13.8 Å². The Hall–Kier alpha value is -3.14. The van der Waals surface area contributed by atoms with E-state index in [-0.39, 0.29) is 11.7 Å². The van der Waals surface area contributed by atoms with Crippen molar-refractivity contribution in [1.29, 1.82) is 0 Å². The van der Waals surface area contributed by atoms with Crippen LogP contribution in [0.1, 0.15) is 32.0 Å². The minimum Gasteiger partial charge on any atom is -0.453 e. The molecule has 3 rings (SSSR count). The predicted molar refractivity (Wildman–Crippen MR) is 93.4 cm³/mol. The van der Waals surface area contributed by atoms with Gasteiger partial charge in [-0.05, 0) is 49.2 Å². The fourth-order valence-electron chi connectivity index (χ4n) is 2.58. The van der Waals surface area contributed by atoms with Crippen molar-refractivity contribution in [2.45, 2.75) is 13.8 Å². The average molecular weight is 319 g/mol. The number of carbonyl (C=O) groups is 2. The average Bonchev–Trinajstić information content (AvgIpc) is 3.07. The first-order valence-corrected chi connectivity index (χ1v) is 7.61. The van der Waals surface area contributed by atoms with Gasteiger partial charge in [0, 0.05) is 16.8 Å². The number of carbonyl (C=O) groups excluding carboxylic acids is 2. The molecular formula is C20H17NO3. The first-order valence-electron chi connectivity index (χ1n) is 7.61. The molecule has 1 aromatic heterocycles. The summed E-state index contributed by atoms with van der Waals surface area (Å²) in [5.74, 6) is 0.630. The van der Waals surface area contributed by atoms with Gasteiger partial charge in [0.05, 0.1) is 0 Å². The molecule has 0 saturated heterocycles. The van der Waals surface area contributed by atoms with Gasteiger partial charge in [-0.2, -0.15) is 0 Å². The maximum Gasteiger partial charge on any atom is 0.255 e. The number of aldehydes is 1. The second-order valence-corrected chi connectivity index (χ2v) is 5.62. The van der Waals surface area contributed by atoms with Gasteiger partial charge in [-0.3, -0.25) is 9.59 Å². The van der Waals surface area contributed by atoms with Gasteiger partial charge in [0.15, 0.2) is 12.0 Å². The number of furan rings is 1. The second-order valence-electron chi connectivity index (χ2n) is 5.62. The number of hydrogen-bond donors (Lipinski definition) is 1. The van der Waals surface area contributed by atoms with E-state index in [0.717, 1.165) is 22.4 Å². The molecule has 4 heteroatoms. The van der Waals surface area contributed by atoms with Crippen molar-refractivity contribution in [2.24, 2.45) is 0 Å². The van der Waals surface area contributed by atoms with E-state index in [2.05, 4.69) is 5.32 Å². The van der Waals surface area contributed by atoms with Crippen LogP contribution < -0.4 is 5.32 Å². The van der Waals surface area contributed by atoms with E-state index in [0.29, 0.717) is 17.6 Å². The van der Waals surface area contributed by atoms with Gasteiger partial charge in [0.2, 0.25) is 0 Å². The van der Waals surface area contributed by atoms with Gasteiger partial charge in [-0.1, -0.05) is 30.3 Å². The lowest BCUT2D eigenvalue weighted by Crippen LogP contribution is -2.13. The molecule has 0 bridgehead atoms. The maximum absolute atomic E-state index is 12.6. The highest BCUT2D eigenvalue weighted by Gasteiger charge is 2.12. The van der Waals surface area contributed by atoms with Crippen LogP contribution in [0.3, 0.4) is 0 Å². The molecular weight excluding hydrogens is 302 g/mol. The van der Waals surface area contributed by atoms with Crippen molar-refractivity contribution in [3.05, 3.63) is 77.0 Å². The van der Waals surface area contributed by atoms with Gasteiger partial charge < -0.3 is 9.73 Å². The molecule has 120 valence electrons. The van der Waals surface area contributed by atoms with E-state index in [1.165, 1.54) is 0 Å². The zero-order valence-electron chi connectivity index (χ0n) is 13.5. The minimum absolute atomic E-state index is 0.184. The zero-order chi connectivity index (χ0) is 17.1. The molecule has 0 radical (unpaired) electrons. The summed E-state index contributed by atoms with van der Waals surface area (Å²) in [6.45, 7) is 3.92. The summed E-state index contributed by atoms with van der Waals surface area (Å²) in [6.07, 6.45) is 0.654. The number of rotatable bonds is 4. The van der Waals surface area contributed by atoms with Gasteiger partial charge in [0.1, 0.15) is 5.76 Å². The summed E-state index contributed by atoms with van der Waals surface area (Å²) in [7, 11) is 0. The fourth-order valence-corrected chi connectivity index (χ4v) is 2.58. The maximum atomic E-state index is 12.6. The van der Waals surface area contributed by atoms with E-state index in [1.807, 2.05) is 38.1 Å². The molecule has 0 saturated carbocycles. The molecule has 0 aliphatic heterocycles. The van der Waals surface area contributed by atoms with E-state index in [4.69, 9.17) is 4.42 Å². The van der Waals surface area contributed by atoms with Crippen LogP contribution >= 0.6 is 0 Å². The highest BCUT2D eigenvalue weighted by atomic mass is 16.3. The molecule has 0 spiro atoms. The van der Waals surface area contributed by atoms with E-state index >= 15 is 0 Å². The van der Waals surface area contributed by atoms with Crippen LogP contribution in [-0.2, 0) is 0 Å². The van der Waals surface area contributed by atoms with Crippen molar-refractivity contribution in [3.63, 3.8) is 0 Å². The molecule has 3 aromatic rings. The molecule has 1 N–H and O–H groups in total. The molecule has 1 amide bonds. The summed E-state index contributed by atoms with van der Waals surface area (Å²) < 4.78 is 5.41. The van der Waals surface area contributed by atoms with E-state index < -0.39 is 0 Å². The van der Waals surface area contributed by atoms with Crippen LogP contribution in [-0.4, -0.2) is 12.2 Å². The Balaban J connectivity index is 1.88. The Kier molecular flexibility index (Phi) is 4.29. The van der Waals surface area contributed by atoms with Gasteiger partial charge in [-0.15, -0.1) is 0 Å². The predicted octanol–water partition coefficient (Wildman–Crippen LogP) is 4.63. The first-order chi connectivity index (χ1) is 11.6. The Morgan fingerprint density at radius 1 is 1.00 bits per heavy atom. The molecule has 24 heavy (non-hydrogen) atoms. The zero-order valence-corrected chi connectivity index (χ0v) is 13.5. The standard InChI is InChI=1S/C20H17NO3/c1-13-5-3-6-14(2)19(13)21-20(23)16-8-4-7-15(11-16)18-10-9-17(12-22)24-18/h3-12H,1-2H3,(H,21,23). The fraction of sp³-hybridized carbons (Fsp3) is 0.100. The third kappa shape index (κ3) is 3.13. The third-order valence-corrected chi connectivity index (χ3v) is 3.87. The molecule has 0 aliphatic rings. The Bertz CT molecular complexity index is 889. The number of amides is 1. The normalized spacial score (nSPS) is 10.4. The Labute approximate surface area is 140 Å². The van der Waals surface area contributed by atoms with Gasteiger partial charge >= 0.3 is 0 Å². The topological polar surface area (TPSA) is 59.3 Å². The number of anilines is 1. The van der Waals surface area contributed by atoms with Crippen LogP contribution in [0.15, 0.2) is 59.0 Å². The third-order valence-electron chi connectivity index (χ3n) is 3.87. The lowest BCUT2D eigenvalue weighted by atomic mass is 10.1. The van der Waals surface area contributed by atoms with Crippen LogP contribution in [0.2, 0.25) is 0 Å². The molecule has 0 unspecified atom stereocenters. The lowest BCUT2D eigenvalue weighted by molar-refractivity contribution is 0.102. The van der Waals surface area contributed by atoms with Gasteiger partial charge in [-0.25, -0.2) is 0 Å². The molecule has 2 aromatic carbocycles. The number of para-hydroxylation sites is 1. The molecule has 0 aliphatic carbocycles. The summed E-state index contributed by atoms with van der Waals surface area (Å²) in [6, 6.07) is 16.3. The van der Waals surface area contributed by atoms with Gasteiger partial charge in [0.25, 0.3) is 5.91 Å². The van der Waals surface area contributed by atoms with Crippen molar-refractivity contribution in [1.82, 2.24) is 0 Å².